The maximum absolute atomic E-state index is 11.6. The highest BCUT2D eigenvalue weighted by Crippen LogP contribution is 2.44. The number of aliphatic hydroxyl groups is 1. The van der Waals surface area contributed by atoms with Crippen molar-refractivity contribution in [3.63, 3.8) is 0 Å². The lowest BCUT2D eigenvalue weighted by Crippen LogP contribution is -2.32. The van der Waals surface area contributed by atoms with E-state index in [0.717, 1.165) is 18.5 Å². The van der Waals surface area contributed by atoms with Crippen LogP contribution < -0.4 is 5.32 Å². The summed E-state index contributed by atoms with van der Waals surface area (Å²) in [5.74, 6) is -0.181. The van der Waals surface area contributed by atoms with Gasteiger partial charge >= 0.3 is 0 Å². The normalized spacial score (nSPS) is 17.5. The van der Waals surface area contributed by atoms with Gasteiger partial charge in [-0.25, -0.2) is 0 Å². The minimum Gasteiger partial charge on any atom is -0.396 e. The molecule has 0 aliphatic heterocycles. The van der Waals surface area contributed by atoms with Crippen molar-refractivity contribution in [2.45, 2.75) is 19.8 Å². The zero-order valence-electron chi connectivity index (χ0n) is 8.71. The Labute approximate surface area is 87.9 Å². The van der Waals surface area contributed by atoms with Gasteiger partial charge in [0, 0.05) is 17.7 Å². The molecule has 0 atom stereocenters. The molecule has 1 aromatic rings. The Bertz CT molecular complexity index is 368. The van der Waals surface area contributed by atoms with Gasteiger partial charge < -0.3 is 10.4 Å². The van der Waals surface area contributed by atoms with Crippen molar-refractivity contribution in [3.8, 4) is 0 Å². The number of aromatic amines is 1. The van der Waals surface area contributed by atoms with Crippen molar-refractivity contribution in [2.75, 3.05) is 13.2 Å². The molecule has 1 aromatic heterocycles. The molecule has 0 unspecified atom stereocenters. The number of hydrogen-bond acceptors (Lipinski definition) is 3. The number of nitrogens with one attached hydrogen (secondary N) is 2. The van der Waals surface area contributed by atoms with Crippen molar-refractivity contribution in [1.29, 1.82) is 0 Å². The Morgan fingerprint density at radius 2 is 2.47 bits per heavy atom. The molecule has 1 amide bonds. The summed E-state index contributed by atoms with van der Waals surface area (Å²) >= 11 is 0. The first kappa shape index (κ1) is 10.2. The van der Waals surface area contributed by atoms with Crippen molar-refractivity contribution in [3.05, 3.63) is 17.5 Å². The molecule has 0 aromatic carbocycles. The minimum absolute atomic E-state index is 0.0546. The van der Waals surface area contributed by atoms with Crippen LogP contribution in [0.5, 0.6) is 0 Å². The number of amides is 1. The molecule has 2 rings (SSSR count). The van der Waals surface area contributed by atoms with Gasteiger partial charge in [0.2, 0.25) is 0 Å². The van der Waals surface area contributed by atoms with E-state index in [2.05, 4.69) is 15.5 Å². The first-order valence-corrected chi connectivity index (χ1v) is 5.06. The van der Waals surface area contributed by atoms with Gasteiger partial charge in [-0.1, -0.05) is 0 Å². The van der Waals surface area contributed by atoms with Gasteiger partial charge in [-0.05, 0) is 25.8 Å². The number of H-pyrrole nitrogens is 1. The first-order chi connectivity index (χ1) is 7.15. The Hall–Kier alpha value is -1.36. The van der Waals surface area contributed by atoms with E-state index < -0.39 is 0 Å². The lowest BCUT2D eigenvalue weighted by molar-refractivity contribution is 0.0930. The van der Waals surface area contributed by atoms with Gasteiger partial charge in [-0.2, -0.15) is 5.10 Å². The predicted octanol–water partition coefficient (Wildman–Crippen LogP) is 0.220. The van der Waals surface area contributed by atoms with E-state index in [9.17, 15) is 4.79 Å². The van der Waals surface area contributed by atoms with Crippen LogP contribution in [0.2, 0.25) is 0 Å². The highest BCUT2D eigenvalue weighted by Gasteiger charge is 2.42. The average Bonchev–Trinajstić information content (AvgIpc) is 2.90. The maximum Gasteiger partial charge on any atom is 0.271 e. The van der Waals surface area contributed by atoms with E-state index in [1.54, 1.807) is 6.07 Å². The predicted molar refractivity (Wildman–Crippen MR) is 54.4 cm³/mol. The number of nitrogens with zero attached hydrogens (tertiary/aromatic N) is 1. The lowest BCUT2D eigenvalue weighted by Gasteiger charge is -2.11. The number of aliphatic hydroxyl groups excluding tert-OH is 1. The fourth-order valence-corrected chi connectivity index (χ4v) is 1.46. The second-order valence-corrected chi connectivity index (χ2v) is 4.28. The second kappa shape index (κ2) is 3.66. The molecule has 5 nitrogen and oxygen atoms in total. The van der Waals surface area contributed by atoms with Crippen LogP contribution in [0.1, 0.15) is 29.0 Å². The monoisotopic (exact) mass is 209 g/mol. The third-order valence-electron chi connectivity index (χ3n) is 2.86. The molecule has 1 saturated carbocycles. The molecule has 0 spiro atoms. The molecule has 1 heterocycles. The molecule has 3 N–H and O–H groups in total. The number of carbonyl (C=O) groups is 1. The summed E-state index contributed by atoms with van der Waals surface area (Å²) in [4.78, 5) is 11.6. The second-order valence-electron chi connectivity index (χ2n) is 4.28. The minimum atomic E-state index is -0.181. The van der Waals surface area contributed by atoms with Crippen LogP contribution in [0.3, 0.4) is 0 Å². The third-order valence-corrected chi connectivity index (χ3v) is 2.86. The van der Waals surface area contributed by atoms with Gasteiger partial charge in [0.15, 0.2) is 0 Å². The number of rotatable bonds is 4. The van der Waals surface area contributed by atoms with Crippen LogP contribution >= 0.6 is 0 Å². The molecule has 5 heteroatoms. The van der Waals surface area contributed by atoms with E-state index in [1.165, 1.54) is 0 Å². The summed E-state index contributed by atoms with van der Waals surface area (Å²) in [5.41, 5.74) is 1.21. The average molecular weight is 209 g/mol. The molecule has 0 saturated heterocycles. The van der Waals surface area contributed by atoms with Crippen LogP contribution in [0.15, 0.2) is 6.07 Å². The summed E-state index contributed by atoms with van der Waals surface area (Å²) in [6, 6.07) is 1.70. The Balaban J connectivity index is 1.88. The molecule has 1 fully saturated rings. The summed E-state index contributed by atoms with van der Waals surface area (Å²) < 4.78 is 0. The number of carbonyl (C=O) groups excluding carboxylic acids is 1. The van der Waals surface area contributed by atoms with Crippen LogP contribution in [-0.4, -0.2) is 34.4 Å². The van der Waals surface area contributed by atoms with Crippen LogP contribution in [0.25, 0.3) is 0 Å². The standard InChI is InChI=1S/C10H15N3O2/c1-7-4-8(13-12-7)9(15)11-5-10(6-14)2-3-10/h4,14H,2-3,5-6H2,1H3,(H,11,15)(H,12,13). The van der Waals surface area contributed by atoms with Crippen LogP contribution in [-0.2, 0) is 0 Å². The topological polar surface area (TPSA) is 78.0 Å². The van der Waals surface area contributed by atoms with E-state index in [-0.39, 0.29) is 17.9 Å². The smallest absolute Gasteiger partial charge is 0.271 e. The zero-order valence-corrected chi connectivity index (χ0v) is 8.71. The molecule has 0 bridgehead atoms. The zero-order chi connectivity index (χ0) is 10.9. The van der Waals surface area contributed by atoms with Crippen molar-refractivity contribution < 1.29 is 9.90 Å². The Morgan fingerprint density at radius 3 is 2.93 bits per heavy atom. The van der Waals surface area contributed by atoms with E-state index >= 15 is 0 Å². The summed E-state index contributed by atoms with van der Waals surface area (Å²) in [7, 11) is 0. The Kier molecular flexibility index (Phi) is 2.48. The van der Waals surface area contributed by atoms with Gasteiger partial charge in [0.1, 0.15) is 5.69 Å². The van der Waals surface area contributed by atoms with E-state index in [4.69, 9.17) is 5.11 Å². The lowest BCUT2D eigenvalue weighted by atomic mass is 10.1. The van der Waals surface area contributed by atoms with Crippen molar-refractivity contribution >= 4 is 5.91 Å². The maximum atomic E-state index is 11.6. The molecular weight excluding hydrogens is 194 g/mol. The van der Waals surface area contributed by atoms with Crippen LogP contribution in [0, 0.1) is 12.3 Å². The molecule has 82 valence electrons. The third kappa shape index (κ3) is 2.18. The molecule has 0 radical (unpaired) electrons. The molecular formula is C10H15N3O2. The summed E-state index contributed by atoms with van der Waals surface area (Å²) in [5, 5.41) is 18.4. The van der Waals surface area contributed by atoms with E-state index in [1.807, 2.05) is 6.92 Å². The fourth-order valence-electron chi connectivity index (χ4n) is 1.46. The molecule has 1 aliphatic carbocycles. The van der Waals surface area contributed by atoms with Crippen LogP contribution in [0.4, 0.5) is 0 Å². The summed E-state index contributed by atoms with van der Waals surface area (Å²) in [6.45, 7) is 2.53. The van der Waals surface area contributed by atoms with Crippen molar-refractivity contribution in [2.24, 2.45) is 5.41 Å². The molecule has 1 aliphatic rings. The van der Waals surface area contributed by atoms with Crippen molar-refractivity contribution in [1.82, 2.24) is 15.5 Å². The first-order valence-electron chi connectivity index (χ1n) is 5.06. The van der Waals surface area contributed by atoms with E-state index in [0.29, 0.717) is 12.2 Å². The highest BCUT2D eigenvalue weighted by molar-refractivity contribution is 5.92. The fraction of sp³-hybridized carbons (Fsp3) is 0.600. The van der Waals surface area contributed by atoms with Gasteiger partial charge in [0.05, 0.1) is 6.61 Å². The van der Waals surface area contributed by atoms with Gasteiger partial charge in [-0.15, -0.1) is 0 Å². The SMILES string of the molecule is Cc1cc(C(=O)NCC2(CO)CC2)n[nH]1. The largest absolute Gasteiger partial charge is 0.396 e. The Morgan fingerprint density at radius 1 is 1.73 bits per heavy atom. The van der Waals surface area contributed by atoms with Gasteiger partial charge in [-0.3, -0.25) is 9.89 Å². The highest BCUT2D eigenvalue weighted by atomic mass is 16.3. The summed E-state index contributed by atoms with van der Waals surface area (Å²) in [6.07, 6.45) is 1.98. The van der Waals surface area contributed by atoms with Gasteiger partial charge in [0.25, 0.3) is 5.91 Å². The number of hydrogen-bond donors (Lipinski definition) is 3. The molecule has 15 heavy (non-hydrogen) atoms. The number of aryl methyl sites for hydroxylation is 1. The number of aromatic nitrogens is 2. The quantitative estimate of drug-likeness (QED) is 0.663.